The fourth-order valence-corrected chi connectivity index (χ4v) is 1.07. The Morgan fingerprint density at radius 1 is 1.27 bits per heavy atom. The molecule has 0 fully saturated rings. The van der Waals surface area contributed by atoms with Crippen LogP contribution in [0.1, 0.15) is 20.3 Å². The zero-order valence-electron chi connectivity index (χ0n) is 9.70. The highest BCUT2D eigenvalue weighted by Gasteiger charge is 2.24. The Bertz CT molecular complexity index is 215. The van der Waals surface area contributed by atoms with E-state index in [-0.39, 0.29) is 18.2 Å². The molecule has 1 atom stereocenters. The predicted octanol–water partition coefficient (Wildman–Crippen LogP) is 0.337. The van der Waals surface area contributed by atoms with Crippen LogP contribution in [0.2, 0.25) is 0 Å². The van der Waals surface area contributed by atoms with Gasteiger partial charge in [0.25, 0.3) is 0 Å². The van der Waals surface area contributed by atoms with Gasteiger partial charge in [0.2, 0.25) is 5.91 Å². The number of hydrogen-bond acceptors (Lipinski definition) is 4. The first-order valence-corrected chi connectivity index (χ1v) is 4.89. The molecule has 1 amide bonds. The van der Waals surface area contributed by atoms with Crippen molar-refractivity contribution < 1.29 is 19.1 Å². The van der Waals surface area contributed by atoms with E-state index in [1.54, 1.807) is 0 Å². The number of carbonyl (C=O) groups is 2. The SMILES string of the molecule is COCCC(=O)NC(C(=O)OC)C(C)C. The zero-order chi connectivity index (χ0) is 11.8. The van der Waals surface area contributed by atoms with Gasteiger partial charge in [-0.15, -0.1) is 0 Å². The molecule has 0 bridgehead atoms. The highest BCUT2D eigenvalue weighted by Crippen LogP contribution is 2.03. The standard InChI is InChI=1S/C10H19NO4/c1-7(2)9(10(13)15-4)11-8(12)5-6-14-3/h7,9H,5-6H2,1-4H3,(H,11,12). The number of esters is 1. The summed E-state index contributed by atoms with van der Waals surface area (Å²) in [5, 5.41) is 2.61. The van der Waals surface area contributed by atoms with Gasteiger partial charge in [-0.05, 0) is 5.92 Å². The highest BCUT2D eigenvalue weighted by atomic mass is 16.5. The summed E-state index contributed by atoms with van der Waals surface area (Å²) in [4.78, 5) is 22.6. The van der Waals surface area contributed by atoms with Crippen molar-refractivity contribution in [3.63, 3.8) is 0 Å². The first-order valence-electron chi connectivity index (χ1n) is 4.89. The van der Waals surface area contributed by atoms with Crippen molar-refractivity contribution in [3.8, 4) is 0 Å². The quantitative estimate of drug-likeness (QED) is 0.651. The third-order valence-electron chi connectivity index (χ3n) is 1.97. The molecular formula is C10H19NO4. The number of ether oxygens (including phenoxy) is 2. The summed E-state index contributed by atoms with van der Waals surface area (Å²) in [6, 6.07) is -0.584. The minimum atomic E-state index is -0.584. The van der Waals surface area contributed by atoms with Crippen LogP contribution >= 0.6 is 0 Å². The Morgan fingerprint density at radius 3 is 2.27 bits per heavy atom. The third-order valence-corrected chi connectivity index (χ3v) is 1.97. The fourth-order valence-electron chi connectivity index (χ4n) is 1.07. The van der Waals surface area contributed by atoms with Crippen molar-refractivity contribution in [1.29, 1.82) is 0 Å². The second-order valence-electron chi connectivity index (χ2n) is 3.56. The molecular weight excluding hydrogens is 198 g/mol. The van der Waals surface area contributed by atoms with Crippen LogP contribution < -0.4 is 5.32 Å². The summed E-state index contributed by atoms with van der Waals surface area (Å²) < 4.78 is 9.36. The summed E-state index contributed by atoms with van der Waals surface area (Å²) in [7, 11) is 2.83. The highest BCUT2D eigenvalue weighted by molar-refractivity contribution is 5.84. The van der Waals surface area contributed by atoms with Crippen LogP contribution in [0.3, 0.4) is 0 Å². The lowest BCUT2D eigenvalue weighted by Gasteiger charge is -2.19. The molecule has 5 heteroatoms. The van der Waals surface area contributed by atoms with Crippen molar-refractivity contribution in [1.82, 2.24) is 5.32 Å². The molecule has 0 saturated carbocycles. The van der Waals surface area contributed by atoms with Gasteiger partial charge in [-0.1, -0.05) is 13.8 Å². The summed E-state index contributed by atoms with van der Waals surface area (Å²) in [5.41, 5.74) is 0. The Labute approximate surface area is 90.1 Å². The molecule has 0 aliphatic rings. The van der Waals surface area contributed by atoms with E-state index in [1.807, 2.05) is 13.8 Å². The molecule has 0 spiro atoms. The van der Waals surface area contributed by atoms with Crippen LogP contribution in [0.15, 0.2) is 0 Å². The maximum absolute atomic E-state index is 11.3. The summed E-state index contributed by atoms with van der Waals surface area (Å²) >= 11 is 0. The van der Waals surface area contributed by atoms with Crippen LogP contribution in [0.5, 0.6) is 0 Å². The molecule has 0 saturated heterocycles. The average Bonchev–Trinajstić information content (AvgIpc) is 2.21. The molecule has 0 aliphatic heterocycles. The van der Waals surface area contributed by atoms with Crippen molar-refractivity contribution in [2.75, 3.05) is 20.8 Å². The van der Waals surface area contributed by atoms with Gasteiger partial charge in [0.1, 0.15) is 6.04 Å². The Kier molecular flexibility index (Phi) is 6.70. The molecule has 0 heterocycles. The Balaban J connectivity index is 4.17. The smallest absolute Gasteiger partial charge is 0.328 e. The van der Waals surface area contributed by atoms with Gasteiger partial charge >= 0.3 is 5.97 Å². The van der Waals surface area contributed by atoms with E-state index in [0.29, 0.717) is 6.61 Å². The number of rotatable bonds is 6. The first kappa shape index (κ1) is 13.9. The van der Waals surface area contributed by atoms with Crippen LogP contribution in [-0.4, -0.2) is 38.7 Å². The van der Waals surface area contributed by atoms with Crippen LogP contribution in [-0.2, 0) is 19.1 Å². The van der Waals surface area contributed by atoms with Gasteiger partial charge < -0.3 is 14.8 Å². The van der Waals surface area contributed by atoms with Gasteiger partial charge in [-0.2, -0.15) is 0 Å². The molecule has 0 aromatic carbocycles. The largest absolute Gasteiger partial charge is 0.467 e. The van der Waals surface area contributed by atoms with Gasteiger partial charge in [-0.3, -0.25) is 4.79 Å². The zero-order valence-corrected chi connectivity index (χ0v) is 9.70. The number of amides is 1. The third kappa shape index (κ3) is 5.37. The summed E-state index contributed by atoms with van der Waals surface area (Å²) in [6.45, 7) is 4.04. The number of carbonyl (C=O) groups excluding carboxylic acids is 2. The van der Waals surface area contributed by atoms with Crippen LogP contribution in [0.25, 0.3) is 0 Å². The maximum atomic E-state index is 11.3. The summed E-state index contributed by atoms with van der Waals surface area (Å²) in [6.07, 6.45) is 0.247. The Hall–Kier alpha value is -1.10. The van der Waals surface area contributed by atoms with Crippen molar-refractivity contribution in [3.05, 3.63) is 0 Å². The van der Waals surface area contributed by atoms with Crippen LogP contribution in [0, 0.1) is 5.92 Å². The fraction of sp³-hybridized carbons (Fsp3) is 0.800. The summed E-state index contributed by atoms with van der Waals surface area (Å²) in [5.74, 6) is -0.624. The monoisotopic (exact) mass is 217 g/mol. The van der Waals surface area contributed by atoms with E-state index < -0.39 is 12.0 Å². The lowest BCUT2D eigenvalue weighted by atomic mass is 10.0. The van der Waals surface area contributed by atoms with E-state index >= 15 is 0 Å². The van der Waals surface area contributed by atoms with Crippen molar-refractivity contribution in [2.24, 2.45) is 5.92 Å². The van der Waals surface area contributed by atoms with E-state index in [4.69, 9.17) is 4.74 Å². The van der Waals surface area contributed by atoms with Gasteiger partial charge in [0.15, 0.2) is 0 Å². The molecule has 0 aromatic rings. The second kappa shape index (κ2) is 7.23. The molecule has 15 heavy (non-hydrogen) atoms. The van der Waals surface area contributed by atoms with Crippen molar-refractivity contribution in [2.45, 2.75) is 26.3 Å². The molecule has 1 N–H and O–H groups in total. The molecule has 0 radical (unpaired) electrons. The van der Waals surface area contributed by atoms with Crippen LogP contribution in [0.4, 0.5) is 0 Å². The van der Waals surface area contributed by atoms with Gasteiger partial charge in [0, 0.05) is 13.5 Å². The lowest BCUT2D eigenvalue weighted by molar-refractivity contribution is -0.146. The van der Waals surface area contributed by atoms with E-state index in [0.717, 1.165) is 0 Å². The first-order chi connectivity index (χ1) is 7.02. The molecule has 88 valence electrons. The molecule has 0 aromatic heterocycles. The van der Waals surface area contributed by atoms with E-state index in [2.05, 4.69) is 10.1 Å². The molecule has 5 nitrogen and oxygen atoms in total. The van der Waals surface area contributed by atoms with Crippen molar-refractivity contribution >= 4 is 11.9 Å². The van der Waals surface area contributed by atoms with Gasteiger partial charge in [0.05, 0.1) is 13.7 Å². The lowest BCUT2D eigenvalue weighted by Crippen LogP contribution is -2.45. The second-order valence-corrected chi connectivity index (χ2v) is 3.56. The van der Waals surface area contributed by atoms with Gasteiger partial charge in [-0.25, -0.2) is 4.79 Å². The van der Waals surface area contributed by atoms with E-state index in [1.165, 1.54) is 14.2 Å². The topological polar surface area (TPSA) is 64.6 Å². The Morgan fingerprint density at radius 2 is 1.87 bits per heavy atom. The predicted molar refractivity (Wildman–Crippen MR) is 55.3 cm³/mol. The molecule has 1 unspecified atom stereocenters. The number of methoxy groups -OCH3 is 2. The van der Waals surface area contributed by atoms with E-state index in [9.17, 15) is 9.59 Å². The average molecular weight is 217 g/mol. The number of nitrogens with one attached hydrogen (secondary N) is 1. The molecule has 0 rings (SSSR count). The molecule has 0 aliphatic carbocycles. The minimum Gasteiger partial charge on any atom is -0.467 e. The minimum absolute atomic E-state index is 0.00365. The maximum Gasteiger partial charge on any atom is 0.328 e. The normalized spacial score (nSPS) is 12.3. The number of hydrogen-bond donors (Lipinski definition) is 1.